The molecule has 0 radical (unpaired) electrons. The van der Waals surface area contributed by atoms with Gasteiger partial charge in [0.05, 0.1) is 13.1 Å². The molecular weight excluding hydrogens is 300 g/mol. The van der Waals surface area contributed by atoms with Crippen molar-refractivity contribution < 1.29 is 22.4 Å². The monoisotopic (exact) mass is 318 g/mol. The summed E-state index contributed by atoms with van der Waals surface area (Å²) in [5.41, 5.74) is 0.937. The molecule has 1 amide bonds. The standard InChI is InChI=1S/C15H18F4N2O/c16-11-6-4-10(5-7-11)12-2-1-3-13(12)21-14(22)8-20-9-15(17,18)19/h4-7,12-13,20H,1-3,8-9H2,(H,21,22)/t12-,13-/m1/s1. The number of amides is 1. The first-order valence-electron chi connectivity index (χ1n) is 7.17. The number of hydrogen-bond donors (Lipinski definition) is 2. The van der Waals surface area contributed by atoms with Crippen LogP contribution in [0, 0.1) is 5.82 Å². The van der Waals surface area contributed by atoms with E-state index in [9.17, 15) is 22.4 Å². The fraction of sp³-hybridized carbons (Fsp3) is 0.533. The summed E-state index contributed by atoms with van der Waals surface area (Å²) >= 11 is 0. The first kappa shape index (κ1) is 16.7. The third-order valence-corrected chi connectivity index (χ3v) is 3.77. The fourth-order valence-electron chi connectivity index (χ4n) is 2.82. The minimum Gasteiger partial charge on any atom is -0.352 e. The molecule has 0 unspecified atom stereocenters. The van der Waals surface area contributed by atoms with E-state index in [1.165, 1.54) is 12.1 Å². The number of hydrogen-bond acceptors (Lipinski definition) is 2. The van der Waals surface area contributed by atoms with Crippen LogP contribution < -0.4 is 10.6 Å². The molecule has 1 fully saturated rings. The number of carbonyl (C=O) groups excluding carboxylic acids is 1. The summed E-state index contributed by atoms with van der Waals surface area (Å²) in [5, 5.41) is 4.84. The Kier molecular flexibility index (Phi) is 5.39. The molecule has 2 atom stereocenters. The quantitative estimate of drug-likeness (QED) is 0.820. The van der Waals surface area contributed by atoms with Gasteiger partial charge in [-0.3, -0.25) is 4.79 Å². The van der Waals surface area contributed by atoms with Crippen LogP contribution in [-0.4, -0.2) is 31.2 Å². The normalized spacial score (nSPS) is 21.8. The maximum atomic E-state index is 12.9. The molecule has 2 rings (SSSR count). The van der Waals surface area contributed by atoms with Gasteiger partial charge in [0.25, 0.3) is 0 Å². The molecule has 0 saturated heterocycles. The molecular formula is C15H18F4N2O. The molecule has 1 aromatic carbocycles. The lowest BCUT2D eigenvalue weighted by molar-refractivity contribution is -0.128. The number of carbonyl (C=O) groups is 1. The van der Waals surface area contributed by atoms with Crippen molar-refractivity contribution in [1.29, 1.82) is 0 Å². The molecule has 0 heterocycles. The van der Waals surface area contributed by atoms with E-state index in [0.717, 1.165) is 24.8 Å². The van der Waals surface area contributed by atoms with Crippen LogP contribution in [0.25, 0.3) is 0 Å². The molecule has 2 N–H and O–H groups in total. The van der Waals surface area contributed by atoms with Gasteiger partial charge in [-0.25, -0.2) is 4.39 Å². The zero-order valence-electron chi connectivity index (χ0n) is 11.9. The summed E-state index contributed by atoms with van der Waals surface area (Å²) < 4.78 is 49.0. The third kappa shape index (κ3) is 4.98. The zero-order chi connectivity index (χ0) is 16.2. The molecule has 0 aliphatic heterocycles. The Morgan fingerprint density at radius 2 is 1.86 bits per heavy atom. The van der Waals surface area contributed by atoms with E-state index in [2.05, 4.69) is 10.6 Å². The Bertz CT molecular complexity index is 501. The van der Waals surface area contributed by atoms with Gasteiger partial charge >= 0.3 is 6.18 Å². The van der Waals surface area contributed by atoms with Crippen LogP contribution >= 0.6 is 0 Å². The average molecular weight is 318 g/mol. The predicted molar refractivity (Wildman–Crippen MR) is 73.8 cm³/mol. The smallest absolute Gasteiger partial charge is 0.352 e. The van der Waals surface area contributed by atoms with Crippen molar-refractivity contribution in [2.75, 3.05) is 13.1 Å². The van der Waals surface area contributed by atoms with Crippen LogP contribution in [0.1, 0.15) is 30.7 Å². The first-order valence-corrected chi connectivity index (χ1v) is 7.17. The maximum absolute atomic E-state index is 12.9. The topological polar surface area (TPSA) is 41.1 Å². The highest BCUT2D eigenvalue weighted by atomic mass is 19.4. The molecule has 1 aromatic rings. The molecule has 1 aliphatic carbocycles. The molecule has 0 bridgehead atoms. The van der Waals surface area contributed by atoms with Gasteiger partial charge in [0.1, 0.15) is 5.82 Å². The Morgan fingerprint density at radius 1 is 1.18 bits per heavy atom. The van der Waals surface area contributed by atoms with Gasteiger partial charge in [0.15, 0.2) is 0 Å². The summed E-state index contributed by atoms with van der Waals surface area (Å²) in [7, 11) is 0. The molecule has 0 spiro atoms. The van der Waals surface area contributed by atoms with Crippen LogP contribution in [0.3, 0.4) is 0 Å². The number of halogens is 4. The van der Waals surface area contributed by atoms with Crippen LogP contribution in [0.4, 0.5) is 17.6 Å². The highest BCUT2D eigenvalue weighted by Crippen LogP contribution is 2.34. The van der Waals surface area contributed by atoms with Crippen LogP contribution in [0.5, 0.6) is 0 Å². The second kappa shape index (κ2) is 7.09. The molecule has 7 heteroatoms. The number of rotatable bonds is 5. The van der Waals surface area contributed by atoms with Gasteiger partial charge < -0.3 is 10.6 Å². The molecule has 122 valence electrons. The number of alkyl halides is 3. The average Bonchev–Trinajstić information content (AvgIpc) is 2.86. The second-order valence-electron chi connectivity index (χ2n) is 5.48. The van der Waals surface area contributed by atoms with Gasteiger partial charge in [-0.15, -0.1) is 0 Å². The SMILES string of the molecule is O=C(CNCC(F)(F)F)N[C@@H]1CCC[C@@H]1c1ccc(F)cc1. The number of benzene rings is 1. The Morgan fingerprint density at radius 3 is 2.50 bits per heavy atom. The molecule has 22 heavy (non-hydrogen) atoms. The Hall–Kier alpha value is -1.63. The first-order chi connectivity index (χ1) is 10.3. The van der Waals surface area contributed by atoms with E-state index in [1.807, 2.05) is 0 Å². The van der Waals surface area contributed by atoms with Crippen molar-refractivity contribution in [3.05, 3.63) is 35.6 Å². The molecule has 1 aliphatic rings. The lowest BCUT2D eigenvalue weighted by atomic mass is 9.94. The molecule has 0 aromatic heterocycles. The largest absolute Gasteiger partial charge is 0.401 e. The summed E-state index contributed by atoms with van der Waals surface area (Å²) in [5.74, 6) is -0.700. The Balaban J connectivity index is 1.86. The summed E-state index contributed by atoms with van der Waals surface area (Å²) in [6, 6.07) is 6.00. The highest BCUT2D eigenvalue weighted by molar-refractivity contribution is 5.78. The maximum Gasteiger partial charge on any atom is 0.401 e. The van der Waals surface area contributed by atoms with Crippen LogP contribution in [-0.2, 0) is 4.79 Å². The third-order valence-electron chi connectivity index (χ3n) is 3.77. The highest BCUT2D eigenvalue weighted by Gasteiger charge is 2.30. The minimum atomic E-state index is -4.33. The van der Waals surface area contributed by atoms with Gasteiger partial charge in [-0.1, -0.05) is 18.6 Å². The van der Waals surface area contributed by atoms with Gasteiger partial charge in [-0.05, 0) is 30.5 Å². The minimum absolute atomic E-state index is 0.0761. The van der Waals surface area contributed by atoms with Crippen molar-refractivity contribution in [2.45, 2.75) is 37.4 Å². The second-order valence-corrected chi connectivity index (χ2v) is 5.48. The van der Waals surface area contributed by atoms with E-state index in [4.69, 9.17) is 0 Å². The lowest BCUT2D eigenvalue weighted by Crippen LogP contribution is -2.43. The van der Waals surface area contributed by atoms with E-state index in [-0.39, 0.29) is 24.3 Å². The van der Waals surface area contributed by atoms with Gasteiger partial charge in [-0.2, -0.15) is 13.2 Å². The van der Waals surface area contributed by atoms with Crippen molar-refractivity contribution in [3.63, 3.8) is 0 Å². The summed E-state index contributed by atoms with van der Waals surface area (Å²) in [6.45, 7) is -1.56. The van der Waals surface area contributed by atoms with Gasteiger partial charge in [0, 0.05) is 12.0 Å². The van der Waals surface area contributed by atoms with Crippen molar-refractivity contribution in [3.8, 4) is 0 Å². The number of nitrogens with one attached hydrogen (secondary N) is 2. The van der Waals surface area contributed by atoms with Gasteiger partial charge in [0.2, 0.25) is 5.91 Å². The van der Waals surface area contributed by atoms with Crippen molar-refractivity contribution in [2.24, 2.45) is 0 Å². The summed E-state index contributed by atoms with van der Waals surface area (Å²) in [6.07, 6.45) is -1.77. The molecule has 1 saturated carbocycles. The zero-order valence-corrected chi connectivity index (χ0v) is 11.9. The van der Waals surface area contributed by atoms with E-state index < -0.39 is 18.6 Å². The fourth-order valence-corrected chi connectivity index (χ4v) is 2.82. The van der Waals surface area contributed by atoms with Crippen LogP contribution in [0.2, 0.25) is 0 Å². The van der Waals surface area contributed by atoms with E-state index >= 15 is 0 Å². The van der Waals surface area contributed by atoms with E-state index in [1.54, 1.807) is 12.1 Å². The molecule has 3 nitrogen and oxygen atoms in total. The Labute approximate surface area is 126 Å². The van der Waals surface area contributed by atoms with E-state index in [0.29, 0.717) is 0 Å². The summed E-state index contributed by atoms with van der Waals surface area (Å²) in [4.78, 5) is 11.7. The predicted octanol–water partition coefficient (Wildman–Crippen LogP) is 2.73. The van der Waals surface area contributed by atoms with Crippen molar-refractivity contribution >= 4 is 5.91 Å². The van der Waals surface area contributed by atoms with Crippen molar-refractivity contribution in [1.82, 2.24) is 10.6 Å². The van der Waals surface area contributed by atoms with Crippen LogP contribution in [0.15, 0.2) is 24.3 Å². The lowest BCUT2D eigenvalue weighted by Gasteiger charge is -2.21.